The summed E-state index contributed by atoms with van der Waals surface area (Å²) in [5.41, 5.74) is 6.64. The van der Waals surface area contributed by atoms with Crippen LogP contribution in [0.1, 0.15) is 45.4 Å². The van der Waals surface area contributed by atoms with Crippen molar-refractivity contribution in [1.29, 1.82) is 0 Å². The van der Waals surface area contributed by atoms with Gasteiger partial charge in [-0.05, 0) is 55.3 Å². The summed E-state index contributed by atoms with van der Waals surface area (Å²) in [6, 6.07) is 0. The number of hydrogen-bond donors (Lipinski definition) is 1. The Morgan fingerprint density at radius 2 is 2.12 bits per heavy atom. The van der Waals surface area contributed by atoms with E-state index >= 15 is 0 Å². The number of nitrogens with zero attached hydrogens (tertiary/aromatic N) is 1. The highest BCUT2D eigenvalue weighted by Gasteiger charge is 2.60. The van der Waals surface area contributed by atoms with Crippen LogP contribution in [0.2, 0.25) is 0 Å². The van der Waals surface area contributed by atoms with Gasteiger partial charge in [0.25, 0.3) is 5.09 Å². The van der Waals surface area contributed by atoms with E-state index in [-0.39, 0.29) is 23.0 Å². The molecule has 4 unspecified atom stereocenters. The van der Waals surface area contributed by atoms with Gasteiger partial charge in [0.1, 0.15) is 6.61 Å². The SMILES string of the molecule is CC12CC3CC(N)(C1)CC(CO[N+](=O)[O-])(C3)C2. The molecule has 96 valence electrons. The van der Waals surface area contributed by atoms with E-state index in [1.165, 1.54) is 6.42 Å². The molecule has 5 nitrogen and oxygen atoms in total. The quantitative estimate of drug-likeness (QED) is 0.603. The van der Waals surface area contributed by atoms with E-state index in [1.807, 2.05) is 0 Å². The summed E-state index contributed by atoms with van der Waals surface area (Å²) in [6.45, 7) is 2.53. The Kier molecular flexibility index (Phi) is 2.07. The van der Waals surface area contributed by atoms with Gasteiger partial charge in [-0.15, -0.1) is 10.1 Å². The fourth-order valence-electron chi connectivity index (χ4n) is 5.57. The van der Waals surface area contributed by atoms with Crippen LogP contribution in [0.5, 0.6) is 0 Å². The Morgan fingerprint density at radius 1 is 1.35 bits per heavy atom. The zero-order chi connectivity index (χ0) is 12.3. The van der Waals surface area contributed by atoms with Crippen molar-refractivity contribution in [3.63, 3.8) is 0 Å². The third-order valence-corrected chi connectivity index (χ3v) is 4.98. The molecule has 4 atom stereocenters. The van der Waals surface area contributed by atoms with Gasteiger partial charge >= 0.3 is 0 Å². The summed E-state index contributed by atoms with van der Waals surface area (Å²) < 4.78 is 0. The maximum atomic E-state index is 10.4. The first kappa shape index (κ1) is 11.3. The number of nitrogens with two attached hydrogens (primary N) is 1. The molecule has 0 radical (unpaired) electrons. The molecule has 0 aliphatic heterocycles. The van der Waals surface area contributed by atoms with E-state index in [0.29, 0.717) is 5.92 Å². The normalized spacial score (nSPS) is 51.5. The zero-order valence-electron chi connectivity index (χ0n) is 10.3. The second kappa shape index (κ2) is 3.13. The smallest absolute Gasteiger partial charge is 0.294 e. The van der Waals surface area contributed by atoms with Crippen molar-refractivity contribution in [3.05, 3.63) is 10.1 Å². The average molecular weight is 240 g/mol. The molecule has 0 aromatic carbocycles. The second-order valence-electron chi connectivity index (χ2n) is 7.18. The molecular weight excluding hydrogens is 220 g/mol. The van der Waals surface area contributed by atoms with Gasteiger partial charge in [0.2, 0.25) is 0 Å². The monoisotopic (exact) mass is 240 g/mol. The second-order valence-corrected chi connectivity index (χ2v) is 7.18. The van der Waals surface area contributed by atoms with Gasteiger partial charge in [-0.2, -0.15) is 0 Å². The van der Waals surface area contributed by atoms with Gasteiger partial charge in [0.05, 0.1) is 0 Å². The minimum Gasteiger partial charge on any atom is -0.325 e. The molecule has 4 rings (SSSR count). The van der Waals surface area contributed by atoms with E-state index in [4.69, 9.17) is 5.73 Å². The summed E-state index contributed by atoms with van der Waals surface area (Å²) in [5, 5.41) is 9.74. The van der Waals surface area contributed by atoms with Gasteiger partial charge in [0.15, 0.2) is 0 Å². The van der Waals surface area contributed by atoms with Gasteiger partial charge in [0, 0.05) is 5.54 Å². The Balaban J connectivity index is 1.84. The fraction of sp³-hybridized carbons (Fsp3) is 1.00. The molecule has 0 aromatic rings. The molecular formula is C12H20N2O3. The van der Waals surface area contributed by atoms with Crippen molar-refractivity contribution in [2.24, 2.45) is 22.5 Å². The van der Waals surface area contributed by atoms with Gasteiger partial charge in [-0.3, -0.25) is 0 Å². The van der Waals surface area contributed by atoms with E-state index in [0.717, 1.165) is 32.1 Å². The molecule has 4 bridgehead atoms. The predicted molar refractivity (Wildman–Crippen MR) is 61.6 cm³/mol. The van der Waals surface area contributed by atoms with Crippen LogP contribution < -0.4 is 5.73 Å². The largest absolute Gasteiger partial charge is 0.325 e. The Hall–Kier alpha value is -0.840. The van der Waals surface area contributed by atoms with Crippen molar-refractivity contribution in [2.45, 2.75) is 51.0 Å². The molecule has 0 heterocycles. The summed E-state index contributed by atoms with van der Waals surface area (Å²) in [6.07, 6.45) is 6.43. The van der Waals surface area contributed by atoms with Crippen molar-refractivity contribution >= 4 is 0 Å². The molecule has 4 saturated carbocycles. The van der Waals surface area contributed by atoms with E-state index in [2.05, 4.69) is 11.8 Å². The first-order valence-electron chi connectivity index (χ1n) is 6.39. The highest BCUT2D eigenvalue weighted by Crippen LogP contribution is 2.65. The van der Waals surface area contributed by atoms with Crippen LogP contribution in [0.15, 0.2) is 0 Å². The number of hydrogen-bond acceptors (Lipinski definition) is 4. The van der Waals surface area contributed by atoms with Crippen LogP contribution in [0.3, 0.4) is 0 Å². The van der Waals surface area contributed by atoms with E-state index < -0.39 is 5.09 Å². The summed E-state index contributed by atoms with van der Waals surface area (Å²) in [5.74, 6) is 0.650. The Morgan fingerprint density at radius 3 is 2.71 bits per heavy atom. The minimum atomic E-state index is -0.663. The van der Waals surface area contributed by atoms with Crippen LogP contribution in [-0.4, -0.2) is 17.2 Å². The molecule has 4 aliphatic rings. The van der Waals surface area contributed by atoms with Crippen LogP contribution >= 0.6 is 0 Å². The summed E-state index contributed by atoms with van der Waals surface area (Å²) in [4.78, 5) is 15.1. The first-order valence-corrected chi connectivity index (χ1v) is 6.39. The Bertz CT molecular complexity index is 353. The molecule has 17 heavy (non-hydrogen) atoms. The minimum absolute atomic E-state index is 0.0318. The third kappa shape index (κ3) is 1.80. The highest BCUT2D eigenvalue weighted by molar-refractivity contribution is 5.14. The molecule has 5 heteroatoms. The van der Waals surface area contributed by atoms with Crippen LogP contribution in [-0.2, 0) is 4.84 Å². The van der Waals surface area contributed by atoms with E-state index in [1.54, 1.807) is 0 Å². The maximum absolute atomic E-state index is 10.4. The summed E-state index contributed by atoms with van der Waals surface area (Å²) in [7, 11) is 0. The standard InChI is InChI=1S/C12H20N2O3/c1-10-2-9-3-11(5-10,8-17-14(15)16)7-12(13,4-9)6-10/h9H,2-8,13H2,1H3. The molecule has 4 fully saturated rings. The van der Waals surface area contributed by atoms with Crippen molar-refractivity contribution in [2.75, 3.05) is 6.61 Å². The molecule has 0 spiro atoms. The number of rotatable bonds is 3. The molecule has 2 N–H and O–H groups in total. The van der Waals surface area contributed by atoms with Crippen molar-refractivity contribution in [1.82, 2.24) is 0 Å². The maximum Gasteiger partial charge on any atom is 0.294 e. The highest BCUT2D eigenvalue weighted by atomic mass is 16.9. The van der Waals surface area contributed by atoms with Gasteiger partial charge < -0.3 is 10.6 Å². The van der Waals surface area contributed by atoms with Crippen LogP contribution in [0.4, 0.5) is 0 Å². The predicted octanol–water partition coefficient (Wildman–Crippen LogP) is 1.88. The Labute approximate surface area is 101 Å². The average Bonchev–Trinajstić information content (AvgIpc) is 2.08. The summed E-state index contributed by atoms with van der Waals surface area (Å²) >= 11 is 0. The lowest BCUT2D eigenvalue weighted by atomic mass is 9.42. The molecule has 0 aromatic heterocycles. The lowest BCUT2D eigenvalue weighted by molar-refractivity contribution is -0.761. The molecule has 4 aliphatic carbocycles. The lowest BCUT2D eigenvalue weighted by Gasteiger charge is -2.64. The van der Waals surface area contributed by atoms with E-state index in [9.17, 15) is 10.1 Å². The third-order valence-electron chi connectivity index (χ3n) is 4.98. The van der Waals surface area contributed by atoms with Gasteiger partial charge in [-0.25, -0.2) is 0 Å². The molecule has 0 saturated heterocycles. The van der Waals surface area contributed by atoms with Crippen LogP contribution in [0, 0.1) is 26.9 Å². The first-order chi connectivity index (χ1) is 7.82. The van der Waals surface area contributed by atoms with Gasteiger partial charge in [-0.1, -0.05) is 6.92 Å². The molecule has 0 amide bonds. The van der Waals surface area contributed by atoms with Crippen molar-refractivity contribution in [3.8, 4) is 0 Å². The zero-order valence-corrected chi connectivity index (χ0v) is 10.3. The topological polar surface area (TPSA) is 78.4 Å². The van der Waals surface area contributed by atoms with Crippen molar-refractivity contribution < 1.29 is 9.92 Å². The van der Waals surface area contributed by atoms with Crippen LogP contribution in [0.25, 0.3) is 0 Å². The lowest BCUT2D eigenvalue weighted by Crippen LogP contribution is -2.64. The fourth-order valence-corrected chi connectivity index (χ4v) is 5.57.